The van der Waals surface area contributed by atoms with Gasteiger partial charge >= 0.3 is 0 Å². The SMILES string of the molecule is CN(C)C1CCN(C2=CN3CC=C(c4ccc5c(cnn5C)c4)N=C3C=C2)CC1. The molecule has 0 radical (unpaired) electrons. The number of allylic oxidation sites excluding steroid dienone is 1. The number of hydrogen-bond donors (Lipinski definition) is 0. The second kappa shape index (κ2) is 7.19. The van der Waals surface area contributed by atoms with Crippen LogP contribution < -0.4 is 0 Å². The van der Waals surface area contributed by atoms with E-state index in [2.05, 4.69) is 76.5 Å². The van der Waals surface area contributed by atoms with Gasteiger partial charge in [-0.3, -0.25) is 4.68 Å². The van der Waals surface area contributed by atoms with Crippen molar-refractivity contribution in [2.75, 3.05) is 33.7 Å². The van der Waals surface area contributed by atoms with E-state index in [1.807, 2.05) is 17.9 Å². The van der Waals surface area contributed by atoms with Crippen molar-refractivity contribution >= 4 is 22.4 Å². The van der Waals surface area contributed by atoms with E-state index in [0.29, 0.717) is 6.04 Å². The third-order valence-corrected chi connectivity index (χ3v) is 6.30. The van der Waals surface area contributed by atoms with Crippen LogP contribution in [0.3, 0.4) is 0 Å². The Kier molecular flexibility index (Phi) is 4.51. The number of hydrogen-bond acceptors (Lipinski definition) is 5. The van der Waals surface area contributed by atoms with Gasteiger partial charge in [0.15, 0.2) is 0 Å². The molecule has 0 atom stereocenters. The number of aryl methyl sites for hydroxylation is 1. The molecule has 1 fully saturated rings. The largest absolute Gasteiger partial charge is 0.370 e. The number of amidine groups is 1. The molecule has 6 heteroatoms. The van der Waals surface area contributed by atoms with Crippen molar-refractivity contribution in [3.05, 3.63) is 60.1 Å². The fraction of sp³-hybridized carbons (Fsp3) is 0.391. The second-order valence-electron chi connectivity index (χ2n) is 8.32. The van der Waals surface area contributed by atoms with Crippen molar-refractivity contribution in [1.29, 1.82) is 0 Å². The summed E-state index contributed by atoms with van der Waals surface area (Å²) in [4.78, 5) is 12.0. The van der Waals surface area contributed by atoms with Crippen molar-refractivity contribution in [1.82, 2.24) is 24.5 Å². The zero-order chi connectivity index (χ0) is 20.0. The highest BCUT2D eigenvalue weighted by Gasteiger charge is 2.24. The summed E-state index contributed by atoms with van der Waals surface area (Å²) in [7, 11) is 6.35. The molecule has 1 saturated heterocycles. The molecule has 0 spiro atoms. The van der Waals surface area contributed by atoms with Crippen molar-refractivity contribution in [3.8, 4) is 0 Å². The molecule has 5 rings (SSSR count). The average Bonchev–Trinajstić information content (AvgIpc) is 3.13. The first kappa shape index (κ1) is 18.2. The average molecular weight is 389 g/mol. The van der Waals surface area contributed by atoms with Crippen LogP contribution in [-0.4, -0.2) is 70.1 Å². The van der Waals surface area contributed by atoms with E-state index in [4.69, 9.17) is 4.99 Å². The van der Waals surface area contributed by atoms with Crippen LogP contribution in [0.5, 0.6) is 0 Å². The van der Waals surface area contributed by atoms with E-state index >= 15 is 0 Å². The first-order valence-corrected chi connectivity index (χ1v) is 10.4. The Morgan fingerprint density at radius 1 is 1.10 bits per heavy atom. The van der Waals surface area contributed by atoms with Crippen LogP contribution in [-0.2, 0) is 7.05 Å². The van der Waals surface area contributed by atoms with Gasteiger partial charge < -0.3 is 14.7 Å². The number of aromatic nitrogens is 2. The van der Waals surface area contributed by atoms with Crippen LogP contribution in [0.4, 0.5) is 0 Å². The van der Waals surface area contributed by atoms with Gasteiger partial charge in [0.2, 0.25) is 0 Å². The monoisotopic (exact) mass is 388 g/mol. The molecule has 3 aliphatic heterocycles. The van der Waals surface area contributed by atoms with E-state index in [1.165, 1.54) is 18.5 Å². The zero-order valence-electron chi connectivity index (χ0n) is 17.4. The number of fused-ring (bicyclic) bond motifs is 2. The van der Waals surface area contributed by atoms with Gasteiger partial charge in [-0.1, -0.05) is 6.07 Å². The Balaban J connectivity index is 1.31. The predicted octanol–water partition coefficient (Wildman–Crippen LogP) is 3.07. The highest BCUT2D eigenvalue weighted by atomic mass is 15.3. The summed E-state index contributed by atoms with van der Waals surface area (Å²) in [5.41, 5.74) is 4.62. The van der Waals surface area contributed by atoms with E-state index in [-0.39, 0.29) is 0 Å². The first-order chi connectivity index (χ1) is 14.1. The molecular weight excluding hydrogens is 360 g/mol. The molecule has 0 unspecified atom stereocenters. The zero-order valence-corrected chi connectivity index (χ0v) is 17.4. The first-order valence-electron chi connectivity index (χ1n) is 10.4. The van der Waals surface area contributed by atoms with E-state index in [1.54, 1.807) is 0 Å². The quantitative estimate of drug-likeness (QED) is 0.810. The topological polar surface area (TPSA) is 39.9 Å². The molecular formula is C23H28N6. The Morgan fingerprint density at radius 3 is 2.72 bits per heavy atom. The summed E-state index contributed by atoms with van der Waals surface area (Å²) in [6, 6.07) is 7.14. The summed E-state index contributed by atoms with van der Waals surface area (Å²) < 4.78 is 1.90. The third-order valence-electron chi connectivity index (χ3n) is 6.30. The maximum absolute atomic E-state index is 4.92. The van der Waals surface area contributed by atoms with Crippen molar-refractivity contribution in [2.24, 2.45) is 12.0 Å². The fourth-order valence-corrected chi connectivity index (χ4v) is 4.46. The van der Waals surface area contributed by atoms with Gasteiger partial charge in [0.05, 0.1) is 23.1 Å². The Hall–Kier alpha value is -2.86. The summed E-state index contributed by atoms with van der Waals surface area (Å²) >= 11 is 0. The fourth-order valence-electron chi connectivity index (χ4n) is 4.46. The number of rotatable bonds is 3. The number of benzene rings is 1. The minimum absolute atomic E-state index is 0.703. The summed E-state index contributed by atoms with van der Waals surface area (Å²) in [5.74, 6) is 1.01. The maximum Gasteiger partial charge on any atom is 0.133 e. The molecule has 0 saturated carbocycles. The molecule has 0 aliphatic carbocycles. The summed E-state index contributed by atoms with van der Waals surface area (Å²) in [6.07, 6.45) is 13.2. The Labute approximate surface area is 172 Å². The Bertz CT molecular complexity index is 1050. The van der Waals surface area contributed by atoms with Crippen molar-refractivity contribution in [2.45, 2.75) is 18.9 Å². The maximum atomic E-state index is 4.92. The van der Waals surface area contributed by atoms with E-state index in [0.717, 1.165) is 47.6 Å². The minimum atomic E-state index is 0.703. The number of aliphatic imine (C=N–C) groups is 1. The summed E-state index contributed by atoms with van der Waals surface area (Å²) in [5, 5.41) is 5.49. The lowest BCUT2D eigenvalue weighted by Crippen LogP contribution is -2.42. The summed E-state index contributed by atoms with van der Waals surface area (Å²) in [6.45, 7) is 3.08. The van der Waals surface area contributed by atoms with Crippen LogP contribution in [0.15, 0.2) is 59.5 Å². The molecule has 2 aromatic rings. The lowest BCUT2D eigenvalue weighted by molar-refractivity contribution is 0.172. The van der Waals surface area contributed by atoms with Gasteiger partial charge in [-0.25, -0.2) is 4.99 Å². The van der Waals surface area contributed by atoms with Gasteiger partial charge in [0.1, 0.15) is 5.84 Å². The lowest BCUT2D eigenvalue weighted by atomic mass is 10.0. The number of likely N-dealkylation sites (tertiary alicyclic amines) is 1. The second-order valence-corrected chi connectivity index (χ2v) is 8.32. The van der Waals surface area contributed by atoms with Crippen LogP contribution >= 0.6 is 0 Å². The molecule has 6 nitrogen and oxygen atoms in total. The molecule has 3 aliphatic rings. The van der Waals surface area contributed by atoms with E-state index in [9.17, 15) is 0 Å². The third kappa shape index (κ3) is 3.38. The smallest absolute Gasteiger partial charge is 0.133 e. The van der Waals surface area contributed by atoms with Gasteiger partial charge in [-0.2, -0.15) is 5.10 Å². The number of piperidine rings is 1. The van der Waals surface area contributed by atoms with Crippen LogP contribution in [0.2, 0.25) is 0 Å². The molecule has 1 aromatic carbocycles. The molecule has 0 N–H and O–H groups in total. The van der Waals surface area contributed by atoms with Crippen LogP contribution in [0, 0.1) is 0 Å². The standard InChI is InChI=1S/C23H28N6/c1-26(2)19-8-11-28(12-9-19)20-5-7-23-25-21(10-13-29(23)16-20)17-4-6-22-18(14-17)15-24-27(22)3/h4-7,10,14-16,19H,8-9,11-13H2,1-3H3. The van der Waals surface area contributed by atoms with Crippen LogP contribution in [0.1, 0.15) is 18.4 Å². The van der Waals surface area contributed by atoms with Gasteiger partial charge in [-0.05, 0) is 57.3 Å². The van der Waals surface area contributed by atoms with Crippen molar-refractivity contribution in [3.63, 3.8) is 0 Å². The molecule has 4 heterocycles. The van der Waals surface area contributed by atoms with Crippen LogP contribution in [0.25, 0.3) is 16.6 Å². The number of nitrogens with zero attached hydrogens (tertiary/aromatic N) is 6. The van der Waals surface area contributed by atoms with Gasteiger partial charge in [0.25, 0.3) is 0 Å². The Morgan fingerprint density at radius 2 is 1.93 bits per heavy atom. The molecule has 29 heavy (non-hydrogen) atoms. The van der Waals surface area contributed by atoms with Gasteiger partial charge in [0, 0.05) is 49.9 Å². The minimum Gasteiger partial charge on any atom is -0.370 e. The highest BCUT2D eigenvalue weighted by Crippen LogP contribution is 2.27. The molecule has 150 valence electrons. The lowest BCUT2D eigenvalue weighted by Gasteiger charge is -2.38. The molecule has 0 bridgehead atoms. The van der Waals surface area contributed by atoms with Crippen molar-refractivity contribution < 1.29 is 0 Å². The normalized spacial score (nSPS) is 20.1. The highest BCUT2D eigenvalue weighted by molar-refractivity contribution is 6.00. The molecule has 1 aromatic heterocycles. The van der Waals surface area contributed by atoms with Gasteiger partial charge in [-0.15, -0.1) is 0 Å². The molecule has 0 amide bonds. The van der Waals surface area contributed by atoms with E-state index < -0.39 is 0 Å². The predicted molar refractivity (Wildman–Crippen MR) is 118 cm³/mol.